The van der Waals surface area contributed by atoms with E-state index in [0.29, 0.717) is 35.2 Å². The number of nitrogens with zero attached hydrogens (tertiary/aromatic N) is 4. The van der Waals surface area contributed by atoms with E-state index in [1.54, 1.807) is 29.9 Å². The second kappa shape index (κ2) is 10.2. The fraction of sp³-hybridized carbons (Fsp3) is 0.286. The van der Waals surface area contributed by atoms with E-state index < -0.39 is 0 Å². The molecule has 1 saturated heterocycles. The fourth-order valence-corrected chi connectivity index (χ4v) is 5.55. The van der Waals surface area contributed by atoms with E-state index in [9.17, 15) is 9.59 Å². The number of pyridine rings is 1. The van der Waals surface area contributed by atoms with Crippen LogP contribution in [0.5, 0.6) is 0 Å². The number of carbonyl (C=O) groups is 2. The van der Waals surface area contributed by atoms with Crippen LogP contribution in [0.2, 0.25) is 0 Å². The van der Waals surface area contributed by atoms with E-state index in [2.05, 4.69) is 26.8 Å². The summed E-state index contributed by atoms with van der Waals surface area (Å²) in [5.74, 6) is 0.730. The molecule has 31 heavy (non-hydrogen) atoms. The number of carbonyl (C=O) groups excluding carboxylic acids is 2. The lowest BCUT2D eigenvalue weighted by molar-refractivity contribution is 0.0708. The number of thiazole rings is 2. The van der Waals surface area contributed by atoms with Crippen molar-refractivity contribution >= 4 is 51.4 Å². The highest BCUT2D eigenvalue weighted by atomic mass is 32.2. The minimum atomic E-state index is -0.244. The molecule has 7 nitrogen and oxygen atoms in total. The van der Waals surface area contributed by atoms with E-state index >= 15 is 0 Å². The Kier molecular flexibility index (Phi) is 7.10. The van der Waals surface area contributed by atoms with Gasteiger partial charge in [-0.25, -0.2) is 15.0 Å². The molecule has 0 spiro atoms. The first-order valence-electron chi connectivity index (χ1n) is 9.80. The molecule has 0 radical (unpaired) electrons. The zero-order valence-corrected chi connectivity index (χ0v) is 19.1. The maximum absolute atomic E-state index is 13.0. The maximum Gasteiger partial charge on any atom is 0.276 e. The van der Waals surface area contributed by atoms with Crippen LogP contribution in [-0.4, -0.2) is 50.5 Å². The molecule has 4 heterocycles. The normalized spacial score (nSPS) is 14.4. The summed E-state index contributed by atoms with van der Waals surface area (Å²) in [6, 6.07) is 3.63. The SMILES string of the molecule is C=CCSc1ncccc1C(=O)N1CCC(c2nc(C(=O)Nc3nccs3)cs2)CC1. The summed E-state index contributed by atoms with van der Waals surface area (Å²) >= 11 is 4.39. The number of piperidine rings is 1. The fourth-order valence-electron chi connectivity index (χ4n) is 3.33. The number of thioether (sulfide) groups is 1. The Bertz CT molecular complexity index is 1060. The van der Waals surface area contributed by atoms with E-state index in [1.165, 1.54) is 34.4 Å². The maximum atomic E-state index is 13.0. The third-order valence-electron chi connectivity index (χ3n) is 4.88. The molecule has 0 aliphatic carbocycles. The van der Waals surface area contributed by atoms with Gasteiger partial charge in [0, 0.05) is 47.9 Å². The lowest BCUT2D eigenvalue weighted by Gasteiger charge is -2.31. The first-order valence-corrected chi connectivity index (χ1v) is 12.5. The van der Waals surface area contributed by atoms with Gasteiger partial charge in [-0.15, -0.1) is 41.0 Å². The average Bonchev–Trinajstić information content (AvgIpc) is 3.50. The van der Waals surface area contributed by atoms with Gasteiger partial charge in [0.15, 0.2) is 5.13 Å². The van der Waals surface area contributed by atoms with Gasteiger partial charge in [0.2, 0.25) is 0 Å². The number of aromatic nitrogens is 3. The Hall–Kier alpha value is -2.56. The average molecular weight is 472 g/mol. The monoisotopic (exact) mass is 471 g/mol. The number of rotatable bonds is 7. The quantitative estimate of drug-likeness (QED) is 0.402. The highest BCUT2D eigenvalue weighted by molar-refractivity contribution is 7.99. The van der Waals surface area contributed by atoms with Crippen LogP contribution in [0.25, 0.3) is 0 Å². The number of amides is 2. The Balaban J connectivity index is 1.36. The number of likely N-dealkylation sites (tertiary alicyclic amines) is 1. The van der Waals surface area contributed by atoms with Crippen LogP contribution in [0.15, 0.2) is 53.0 Å². The zero-order chi connectivity index (χ0) is 21.6. The third-order valence-corrected chi connectivity index (χ3v) is 7.58. The van der Waals surface area contributed by atoms with Crippen molar-refractivity contribution in [1.29, 1.82) is 0 Å². The van der Waals surface area contributed by atoms with Crippen LogP contribution >= 0.6 is 34.4 Å². The van der Waals surface area contributed by atoms with Crippen molar-refractivity contribution in [2.75, 3.05) is 24.2 Å². The molecular formula is C21H21N5O2S3. The van der Waals surface area contributed by atoms with Crippen molar-refractivity contribution in [1.82, 2.24) is 19.9 Å². The molecule has 2 amide bonds. The molecule has 1 aliphatic rings. The molecule has 1 aliphatic heterocycles. The van der Waals surface area contributed by atoms with Gasteiger partial charge in [-0.3, -0.25) is 14.9 Å². The van der Waals surface area contributed by atoms with Crippen LogP contribution in [0.4, 0.5) is 5.13 Å². The Morgan fingerprint density at radius 1 is 1.26 bits per heavy atom. The molecule has 1 fully saturated rings. The van der Waals surface area contributed by atoms with Crippen molar-refractivity contribution in [2.45, 2.75) is 23.8 Å². The summed E-state index contributed by atoms with van der Waals surface area (Å²) in [5.41, 5.74) is 1.05. The molecule has 0 unspecified atom stereocenters. The number of anilines is 1. The first kappa shape index (κ1) is 21.7. The standard InChI is InChI=1S/C21H21N5O2S3/c1-2-11-29-19-15(4-3-7-22-19)20(28)26-9-5-14(6-10-26)18-24-16(13-31-18)17(27)25-21-23-8-12-30-21/h2-4,7-8,12-14H,1,5-6,9-11H2,(H,23,25,27). The van der Waals surface area contributed by atoms with Crippen molar-refractivity contribution < 1.29 is 9.59 Å². The van der Waals surface area contributed by atoms with Crippen LogP contribution in [0.1, 0.15) is 44.6 Å². The van der Waals surface area contributed by atoms with Crippen LogP contribution in [0, 0.1) is 0 Å². The largest absolute Gasteiger partial charge is 0.339 e. The highest BCUT2D eigenvalue weighted by Gasteiger charge is 2.28. The summed E-state index contributed by atoms with van der Waals surface area (Å²) in [5, 5.41) is 8.60. The van der Waals surface area contributed by atoms with Gasteiger partial charge >= 0.3 is 0 Å². The molecule has 160 valence electrons. The van der Waals surface area contributed by atoms with Gasteiger partial charge in [0.1, 0.15) is 10.7 Å². The predicted molar refractivity (Wildman–Crippen MR) is 125 cm³/mol. The van der Waals surface area contributed by atoms with Gasteiger partial charge in [0.25, 0.3) is 11.8 Å². The molecule has 0 aromatic carbocycles. The molecule has 10 heteroatoms. The summed E-state index contributed by atoms with van der Waals surface area (Å²) in [4.78, 5) is 40.2. The summed E-state index contributed by atoms with van der Waals surface area (Å²) < 4.78 is 0. The zero-order valence-electron chi connectivity index (χ0n) is 16.7. The van der Waals surface area contributed by atoms with Crippen LogP contribution in [0.3, 0.4) is 0 Å². The van der Waals surface area contributed by atoms with Crippen LogP contribution < -0.4 is 5.32 Å². The van der Waals surface area contributed by atoms with E-state index in [1.807, 2.05) is 16.3 Å². The molecular weight excluding hydrogens is 450 g/mol. The van der Waals surface area contributed by atoms with Gasteiger partial charge in [-0.1, -0.05) is 6.08 Å². The second-order valence-electron chi connectivity index (χ2n) is 6.88. The number of nitrogens with one attached hydrogen (secondary N) is 1. The van der Waals surface area contributed by atoms with Crippen molar-refractivity contribution in [3.05, 3.63) is 64.2 Å². The topological polar surface area (TPSA) is 88.1 Å². The lowest BCUT2D eigenvalue weighted by Crippen LogP contribution is -2.38. The predicted octanol–water partition coefficient (Wildman–Crippen LogP) is 4.54. The minimum Gasteiger partial charge on any atom is -0.339 e. The van der Waals surface area contributed by atoms with Gasteiger partial charge < -0.3 is 4.90 Å². The molecule has 1 N–H and O–H groups in total. The molecule has 0 atom stereocenters. The van der Waals surface area contributed by atoms with E-state index in [4.69, 9.17) is 0 Å². The number of hydrogen-bond donors (Lipinski definition) is 1. The Morgan fingerprint density at radius 2 is 2.10 bits per heavy atom. The van der Waals surface area contributed by atoms with Gasteiger partial charge in [-0.2, -0.15) is 0 Å². The van der Waals surface area contributed by atoms with Gasteiger partial charge in [0.05, 0.1) is 10.6 Å². The smallest absolute Gasteiger partial charge is 0.276 e. The summed E-state index contributed by atoms with van der Waals surface area (Å²) in [7, 11) is 0. The van der Waals surface area contributed by atoms with Crippen molar-refractivity contribution in [2.24, 2.45) is 0 Å². The van der Waals surface area contributed by atoms with E-state index in [0.717, 1.165) is 22.9 Å². The van der Waals surface area contributed by atoms with Crippen LogP contribution in [-0.2, 0) is 0 Å². The molecule has 3 aromatic rings. The molecule has 4 rings (SSSR count). The van der Waals surface area contributed by atoms with Crippen molar-refractivity contribution in [3.8, 4) is 0 Å². The van der Waals surface area contributed by atoms with Crippen molar-refractivity contribution in [3.63, 3.8) is 0 Å². The summed E-state index contributed by atoms with van der Waals surface area (Å²) in [6.45, 7) is 5.05. The van der Waals surface area contributed by atoms with Gasteiger partial charge in [-0.05, 0) is 25.0 Å². The highest BCUT2D eigenvalue weighted by Crippen LogP contribution is 2.32. The van der Waals surface area contributed by atoms with E-state index in [-0.39, 0.29) is 17.7 Å². The second-order valence-corrected chi connectivity index (χ2v) is 9.68. The molecule has 0 saturated carbocycles. The number of hydrogen-bond acceptors (Lipinski definition) is 8. The summed E-state index contributed by atoms with van der Waals surface area (Å²) in [6.07, 6.45) is 6.80. The Labute approximate surface area is 192 Å². The molecule has 0 bridgehead atoms. The third kappa shape index (κ3) is 5.20. The lowest BCUT2D eigenvalue weighted by atomic mass is 9.97. The minimum absolute atomic E-state index is 0.0146. The first-order chi connectivity index (χ1) is 15.2. The molecule has 3 aromatic heterocycles. The Morgan fingerprint density at radius 3 is 2.84 bits per heavy atom.